The van der Waals surface area contributed by atoms with Crippen molar-refractivity contribution in [2.75, 3.05) is 25.5 Å². The zero-order valence-electron chi connectivity index (χ0n) is 11.9. The molecule has 0 unspecified atom stereocenters. The van der Waals surface area contributed by atoms with Crippen molar-refractivity contribution in [3.8, 4) is 5.75 Å². The van der Waals surface area contributed by atoms with Crippen LogP contribution in [0.25, 0.3) is 0 Å². The van der Waals surface area contributed by atoms with E-state index in [-0.39, 0.29) is 5.91 Å². The van der Waals surface area contributed by atoms with E-state index in [1.807, 2.05) is 25.2 Å². The van der Waals surface area contributed by atoms with E-state index in [9.17, 15) is 4.79 Å². The number of rotatable bonds is 7. The van der Waals surface area contributed by atoms with Crippen LogP contribution < -0.4 is 4.74 Å². The Morgan fingerprint density at radius 3 is 2.68 bits per heavy atom. The molecule has 1 aromatic rings. The van der Waals surface area contributed by atoms with Gasteiger partial charge in [-0.3, -0.25) is 4.79 Å². The van der Waals surface area contributed by atoms with Gasteiger partial charge in [0.25, 0.3) is 0 Å². The number of carbonyl (C=O) groups is 1. The maximum Gasteiger partial charge on any atom is 0.223 e. The third-order valence-electron chi connectivity index (χ3n) is 2.96. The number of halogens is 1. The smallest absolute Gasteiger partial charge is 0.223 e. The van der Waals surface area contributed by atoms with Crippen LogP contribution in [0.15, 0.2) is 24.3 Å². The highest BCUT2D eigenvalue weighted by Crippen LogP contribution is 2.25. The van der Waals surface area contributed by atoms with Crippen LogP contribution in [-0.4, -0.2) is 36.3 Å². The van der Waals surface area contributed by atoms with E-state index in [1.54, 1.807) is 4.90 Å². The summed E-state index contributed by atoms with van der Waals surface area (Å²) in [5.74, 6) is 1.49. The zero-order valence-corrected chi connectivity index (χ0v) is 13.4. The normalized spacial score (nSPS) is 10.6. The second-order valence-corrected chi connectivity index (χ2v) is 5.59. The van der Waals surface area contributed by atoms with Gasteiger partial charge in [0.15, 0.2) is 0 Å². The number of amides is 1. The number of carbonyl (C=O) groups excluding carboxylic acids is 1. The highest BCUT2D eigenvalue weighted by atomic mass is 79.9. The number of para-hydroxylation sites is 1. The van der Waals surface area contributed by atoms with Gasteiger partial charge in [0.05, 0.1) is 6.54 Å². The minimum atomic E-state index is 0.137. The number of likely N-dealkylation sites (N-methyl/N-ethyl adjacent to an activating group) is 1. The van der Waals surface area contributed by atoms with Gasteiger partial charge < -0.3 is 9.64 Å². The minimum Gasteiger partial charge on any atom is -0.491 e. The quantitative estimate of drug-likeness (QED) is 0.718. The molecule has 19 heavy (non-hydrogen) atoms. The molecule has 106 valence electrons. The van der Waals surface area contributed by atoms with Gasteiger partial charge >= 0.3 is 0 Å². The fourth-order valence-corrected chi connectivity index (χ4v) is 2.12. The van der Waals surface area contributed by atoms with Gasteiger partial charge in [-0.25, -0.2) is 0 Å². The van der Waals surface area contributed by atoms with Crippen molar-refractivity contribution in [1.29, 1.82) is 0 Å². The molecule has 0 aliphatic carbocycles. The molecule has 1 aromatic carbocycles. The molecular weight excluding hydrogens is 306 g/mol. The number of alkyl halides is 1. The number of nitrogens with zero attached hydrogens (tertiary/aromatic N) is 1. The molecule has 0 bridgehead atoms. The second-order valence-electron chi connectivity index (χ2n) is 4.80. The second kappa shape index (κ2) is 8.20. The van der Waals surface area contributed by atoms with E-state index >= 15 is 0 Å². The Kier molecular flexibility index (Phi) is 6.92. The molecule has 0 atom stereocenters. The van der Waals surface area contributed by atoms with Crippen LogP contribution in [0.3, 0.4) is 0 Å². The van der Waals surface area contributed by atoms with E-state index in [0.717, 1.165) is 5.75 Å². The van der Waals surface area contributed by atoms with Crippen LogP contribution in [0.4, 0.5) is 0 Å². The molecule has 0 spiro atoms. The van der Waals surface area contributed by atoms with Gasteiger partial charge in [0.2, 0.25) is 5.91 Å². The summed E-state index contributed by atoms with van der Waals surface area (Å²) in [4.78, 5) is 13.3. The number of hydrogen-bond donors (Lipinski definition) is 0. The molecule has 1 amide bonds. The monoisotopic (exact) mass is 327 g/mol. The molecule has 0 fully saturated rings. The van der Waals surface area contributed by atoms with Gasteiger partial charge in [-0.05, 0) is 17.5 Å². The molecule has 0 saturated carbocycles. The van der Waals surface area contributed by atoms with Crippen molar-refractivity contribution in [2.45, 2.75) is 26.2 Å². The molecule has 1 rings (SSSR count). The number of benzene rings is 1. The van der Waals surface area contributed by atoms with Crippen molar-refractivity contribution < 1.29 is 9.53 Å². The molecule has 0 heterocycles. The Hall–Kier alpha value is -1.03. The Morgan fingerprint density at radius 2 is 2.05 bits per heavy atom. The summed E-state index contributed by atoms with van der Waals surface area (Å²) in [6.45, 7) is 5.42. The summed E-state index contributed by atoms with van der Waals surface area (Å²) in [5.41, 5.74) is 1.21. The average molecular weight is 328 g/mol. The third kappa shape index (κ3) is 5.23. The van der Waals surface area contributed by atoms with E-state index in [4.69, 9.17) is 4.74 Å². The lowest BCUT2D eigenvalue weighted by molar-refractivity contribution is -0.129. The maximum absolute atomic E-state index is 11.6. The summed E-state index contributed by atoms with van der Waals surface area (Å²) in [6, 6.07) is 8.06. The molecule has 0 aliphatic rings. The summed E-state index contributed by atoms with van der Waals surface area (Å²) >= 11 is 3.27. The Labute approximate surface area is 124 Å². The fourth-order valence-electron chi connectivity index (χ4n) is 1.78. The molecule has 0 radical (unpaired) electrons. The lowest BCUT2D eigenvalue weighted by Crippen LogP contribution is -2.31. The lowest BCUT2D eigenvalue weighted by atomic mass is 10.0. The van der Waals surface area contributed by atoms with E-state index < -0.39 is 0 Å². The highest BCUT2D eigenvalue weighted by Gasteiger charge is 2.09. The van der Waals surface area contributed by atoms with E-state index in [0.29, 0.717) is 30.8 Å². The maximum atomic E-state index is 11.6. The number of ether oxygens (including phenoxy) is 1. The molecule has 3 nitrogen and oxygen atoms in total. The Balaban J connectivity index is 2.47. The van der Waals surface area contributed by atoms with Gasteiger partial charge in [0, 0.05) is 18.8 Å². The fraction of sp³-hybridized carbons (Fsp3) is 0.533. The Bertz CT molecular complexity index is 407. The average Bonchev–Trinajstić information content (AvgIpc) is 2.39. The Morgan fingerprint density at radius 1 is 1.37 bits per heavy atom. The van der Waals surface area contributed by atoms with Gasteiger partial charge in [0.1, 0.15) is 12.4 Å². The first-order valence-electron chi connectivity index (χ1n) is 6.58. The molecule has 0 N–H and O–H groups in total. The predicted octanol–water partition coefficient (Wildman–Crippen LogP) is 3.43. The SMILES string of the molecule is CC(C)c1ccccc1OCCN(C)C(=O)CCBr. The lowest BCUT2D eigenvalue weighted by Gasteiger charge is -2.18. The first kappa shape index (κ1) is 16.0. The molecule has 0 saturated heterocycles. The van der Waals surface area contributed by atoms with Gasteiger partial charge in [-0.2, -0.15) is 0 Å². The molecular formula is C15H22BrNO2. The summed E-state index contributed by atoms with van der Waals surface area (Å²) in [6.07, 6.45) is 0.527. The zero-order chi connectivity index (χ0) is 14.3. The first-order valence-corrected chi connectivity index (χ1v) is 7.70. The van der Waals surface area contributed by atoms with E-state index in [2.05, 4.69) is 35.8 Å². The largest absolute Gasteiger partial charge is 0.491 e. The van der Waals surface area contributed by atoms with Crippen LogP contribution in [0.2, 0.25) is 0 Å². The predicted molar refractivity (Wildman–Crippen MR) is 82.1 cm³/mol. The van der Waals surface area contributed by atoms with Crippen molar-refractivity contribution >= 4 is 21.8 Å². The standard InChI is InChI=1S/C15H22BrNO2/c1-12(2)13-6-4-5-7-14(13)19-11-10-17(3)15(18)8-9-16/h4-7,12H,8-11H2,1-3H3. The van der Waals surface area contributed by atoms with Gasteiger partial charge in [-0.1, -0.05) is 48.0 Å². The van der Waals surface area contributed by atoms with Crippen molar-refractivity contribution in [1.82, 2.24) is 4.90 Å². The minimum absolute atomic E-state index is 0.137. The topological polar surface area (TPSA) is 29.5 Å². The summed E-state index contributed by atoms with van der Waals surface area (Å²) < 4.78 is 5.79. The van der Waals surface area contributed by atoms with Crippen molar-refractivity contribution in [3.05, 3.63) is 29.8 Å². The van der Waals surface area contributed by atoms with E-state index in [1.165, 1.54) is 5.56 Å². The van der Waals surface area contributed by atoms with Gasteiger partial charge in [-0.15, -0.1) is 0 Å². The molecule has 0 aliphatic heterocycles. The van der Waals surface area contributed by atoms with Crippen LogP contribution >= 0.6 is 15.9 Å². The van der Waals surface area contributed by atoms with Crippen molar-refractivity contribution in [3.63, 3.8) is 0 Å². The van der Waals surface area contributed by atoms with Crippen LogP contribution in [0.5, 0.6) is 5.75 Å². The van der Waals surface area contributed by atoms with Crippen LogP contribution in [-0.2, 0) is 4.79 Å². The first-order chi connectivity index (χ1) is 9.06. The van der Waals surface area contributed by atoms with Crippen LogP contribution in [0.1, 0.15) is 31.7 Å². The molecule has 0 aromatic heterocycles. The molecule has 4 heteroatoms. The summed E-state index contributed by atoms with van der Waals surface area (Å²) in [7, 11) is 1.81. The van der Waals surface area contributed by atoms with Crippen molar-refractivity contribution in [2.24, 2.45) is 0 Å². The number of hydrogen-bond acceptors (Lipinski definition) is 2. The highest BCUT2D eigenvalue weighted by molar-refractivity contribution is 9.09. The van der Waals surface area contributed by atoms with Crippen LogP contribution in [0, 0.1) is 0 Å². The summed E-state index contributed by atoms with van der Waals surface area (Å²) in [5, 5.41) is 0.702. The third-order valence-corrected chi connectivity index (χ3v) is 3.36.